The van der Waals surface area contributed by atoms with Gasteiger partial charge in [0.25, 0.3) is 0 Å². The minimum Gasteiger partial charge on any atom is -0.461 e. The van der Waals surface area contributed by atoms with Crippen molar-refractivity contribution in [3.8, 4) is 6.01 Å². The lowest BCUT2D eigenvalue weighted by Crippen LogP contribution is -2.13. The predicted octanol–water partition coefficient (Wildman–Crippen LogP) is 2.91. The molecule has 1 N–H and O–H groups in total. The molecule has 0 aromatic carbocycles. The van der Waals surface area contributed by atoms with Gasteiger partial charge in [0.15, 0.2) is 0 Å². The summed E-state index contributed by atoms with van der Waals surface area (Å²) in [5, 5.41) is 3.44. The maximum atomic E-state index is 5.85. The second-order valence-electron chi connectivity index (χ2n) is 4.91. The van der Waals surface area contributed by atoms with Crippen molar-refractivity contribution < 1.29 is 4.74 Å². The number of nitrogens with zero attached hydrogens (tertiary/aromatic N) is 3. The van der Waals surface area contributed by atoms with Crippen LogP contribution in [0.4, 0.5) is 5.95 Å². The summed E-state index contributed by atoms with van der Waals surface area (Å²) in [6, 6.07) is 0.746. The Labute approximate surface area is 112 Å². The summed E-state index contributed by atoms with van der Waals surface area (Å²) in [5.41, 5.74) is 0. The van der Waals surface area contributed by atoms with Crippen LogP contribution in [0.15, 0.2) is 0 Å². The van der Waals surface area contributed by atoms with E-state index in [1.807, 2.05) is 13.8 Å². The summed E-state index contributed by atoms with van der Waals surface area (Å²) in [7, 11) is 0. The molecular formula is C12H19ClN4O. The topological polar surface area (TPSA) is 59.9 Å². The van der Waals surface area contributed by atoms with Crippen LogP contribution >= 0.6 is 11.6 Å². The Morgan fingerprint density at radius 2 is 2.17 bits per heavy atom. The number of ether oxygens (including phenoxy) is 1. The Balaban J connectivity index is 1.98. The first-order valence-electron chi connectivity index (χ1n) is 6.43. The standard InChI is InChI=1S/C12H19ClN4O/c1-4-5-8-6-9(8)14-11-15-10(13)16-12(17-11)18-7(2)3/h7-9H,4-6H2,1-3H3,(H,14,15,16,17). The van der Waals surface area contributed by atoms with Crippen molar-refractivity contribution in [2.45, 2.75) is 52.2 Å². The van der Waals surface area contributed by atoms with E-state index in [0.29, 0.717) is 12.0 Å². The van der Waals surface area contributed by atoms with E-state index in [1.54, 1.807) is 0 Å². The fourth-order valence-corrected chi connectivity index (χ4v) is 2.09. The van der Waals surface area contributed by atoms with Crippen LogP contribution in [-0.2, 0) is 0 Å². The van der Waals surface area contributed by atoms with Gasteiger partial charge < -0.3 is 10.1 Å². The van der Waals surface area contributed by atoms with Crippen LogP contribution in [0.1, 0.15) is 40.0 Å². The van der Waals surface area contributed by atoms with Gasteiger partial charge in [-0.05, 0) is 44.2 Å². The normalized spacial score (nSPS) is 22.1. The molecule has 1 aliphatic carbocycles. The van der Waals surface area contributed by atoms with Gasteiger partial charge in [0, 0.05) is 6.04 Å². The summed E-state index contributed by atoms with van der Waals surface area (Å²) in [4.78, 5) is 12.2. The highest BCUT2D eigenvalue weighted by Crippen LogP contribution is 2.36. The molecule has 0 aliphatic heterocycles. The maximum absolute atomic E-state index is 5.85. The third-order valence-corrected chi connectivity index (χ3v) is 2.99. The number of hydrogen-bond donors (Lipinski definition) is 1. The van der Waals surface area contributed by atoms with Crippen LogP contribution in [0.2, 0.25) is 5.28 Å². The maximum Gasteiger partial charge on any atom is 0.322 e. The van der Waals surface area contributed by atoms with Gasteiger partial charge in [-0.25, -0.2) is 0 Å². The summed E-state index contributed by atoms with van der Waals surface area (Å²) in [6.45, 7) is 6.04. The number of halogens is 1. The first-order chi connectivity index (χ1) is 8.58. The lowest BCUT2D eigenvalue weighted by atomic mass is 10.2. The minimum atomic E-state index is 0.0186. The highest BCUT2D eigenvalue weighted by atomic mass is 35.5. The fraction of sp³-hybridized carbons (Fsp3) is 0.750. The summed E-state index contributed by atoms with van der Waals surface area (Å²) < 4.78 is 5.43. The number of hydrogen-bond acceptors (Lipinski definition) is 5. The molecule has 6 heteroatoms. The first-order valence-corrected chi connectivity index (χ1v) is 6.81. The second-order valence-corrected chi connectivity index (χ2v) is 5.25. The Morgan fingerprint density at radius 3 is 2.83 bits per heavy atom. The summed E-state index contributed by atoms with van der Waals surface area (Å²) in [6.07, 6.45) is 3.65. The third kappa shape index (κ3) is 3.70. The molecule has 2 rings (SSSR count). The molecule has 100 valence electrons. The van der Waals surface area contributed by atoms with E-state index in [4.69, 9.17) is 16.3 Å². The molecule has 1 aromatic heterocycles. The molecule has 1 saturated carbocycles. The van der Waals surface area contributed by atoms with Crippen molar-refractivity contribution in [1.82, 2.24) is 15.0 Å². The van der Waals surface area contributed by atoms with Gasteiger partial charge in [0.2, 0.25) is 11.2 Å². The molecule has 2 atom stereocenters. The van der Waals surface area contributed by atoms with Crippen LogP contribution in [0.5, 0.6) is 6.01 Å². The molecule has 1 heterocycles. The van der Waals surface area contributed by atoms with Gasteiger partial charge in [-0.2, -0.15) is 15.0 Å². The van der Waals surface area contributed by atoms with Crippen molar-refractivity contribution in [1.29, 1.82) is 0 Å². The zero-order valence-electron chi connectivity index (χ0n) is 11.0. The third-order valence-electron chi connectivity index (χ3n) is 2.83. The van der Waals surface area contributed by atoms with Crippen LogP contribution < -0.4 is 10.1 Å². The molecule has 1 fully saturated rings. The molecule has 0 bridgehead atoms. The molecular weight excluding hydrogens is 252 g/mol. The van der Waals surface area contributed by atoms with Crippen molar-refractivity contribution in [3.63, 3.8) is 0 Å². The fourth-order valence-electron chi connectivity index (χ4n) is 1.94. The van der Waals surface area contributed by atoms with Crippen molar-refractivity contribution in [2.75, 3.05) is 5.32 Å². The van der Waals surface area contributed by atoms with Crippen LogP contribution in [0.25, 0.3) is 0 Å². The van der Waals surface area contributed by atoms with Crippen molar-refractivity contribution in [2.24, 2.45) is 5.92 Å². The summed E-state index contributed by atoms with van der Waals surface area (Å²) >= 11 is 5.85. The average molecular weight is 271 g/mol. The van der Waals surface area contributed by atoms with E-state index < -0.39 is 0 Å². The lowest BCUT2D eigenvalue weighted by Gasteiger charge is -2.09. The lowest BCUT2D eigenvalue weighted by molar-refractivity contribution is 0.222. The zero-order valence-corrected chi connectivity index (χ0v) is 11.7. The molecule has 2 unspecified atom stereocenters. The molecule has 0 radical (unpaired) electrons. The average Bonchev–Trinajstić information content (AvgIpc) is 2.94. The summed E-state index contributed by atoms with van der Waals surface area (Å²) in [5.74, 6) is 1.24. The Kier molecular flexibility index (Phi) is 4.22. The predicted molar refractivity (Wildman–Crippen MR) is 71.0 cm³/mol. The van der Waals surface area contributed by atoms with E-state index in [-0.39, 0.29) is 17.4 Å². The molecule has 0 saturated heterocycles. The quantitative estimate of drug-likeness (QED) is 0.861. The van der Waals surface area contributed by atoms with E-state index in [2.05, 4.69) is 27.2 Å². The van der Waals surface area contributed by atoms with Crippen LogP contribution in [0, 0.1) is 5.92 Å². The zero-order chi connectivity index (χ0) is 13.1. The second kappa shape index (κ2) is 5.69. The Morgan fingerprint density at radius 1 is 1.39 bits per heavy atom. The first kappa shape index (κ1) is 13.3. The SMILES string of the molecule is CCCC1CC1Nc1nc(Cl)nc(OC(C)C)n1. The van der Waals surface area contributed by atoms with E-state index in [1.165, 1.54) is 19.3 Å². The number of nitrogens with one attached hydrogen (secondary N) is 1. The Hall–Kier alpha value is -1.10. The number of aromatic nitrogens is 3. The van der Waals surface area contributed by atoms with Gasteiger partial charge in [-0.1, -0.05) is 13.3 Å². The van der Waals surface area contributed by atoms with Gasteiger partial charge in [0.05, 0.1) is 6.10 Å². The monoisotopic (exact) mass is 270 g/mol. The van der Waals surface area contributed by atoms with Gasteiger partial charge in [0.1, 0.15) is 0 Å². The van der Waals surface area contributed by atoms with Gasteiger partial charge in [-0.3, -0.25) is 0 Å². The minimum absolute atomic E-state index is 0.0186. The van der Waals surface area contributed by atoms with Crippen LogP contribution in [0.3, 0.4) is 0 Å². The smallest absolute Gasteiger partial charge is 0.322 e. The van der Waals surface area contributed by atoms with Crippen molar-refractivity contribution >= 4 is 17.5 Å². The molecule has 1 aliphatic rings. The highest BCUT2D eigenvalue weighted by molar-refractivity contribution is 6.28. The van der Waals surface area contributed by atoms with E-state index in [9.17, 15) is 0 Å². The molecule has 5 nitrogen and oxygen atoms in total. The van der Waals surface area contributed by atoms with Crippen molar-refractivity contribution in [3.05, 3.63) is 5.28 Å². The molecule has 0 spiro atoms. The highest BCUT2D eigenvalue weighted by Gasteiger charge is 2.36. The molecule has 0 amide bonds. The largest absolute Gasteiger partial charge is 0.461 e. The Bertz CT molecular complexity index is 413. The van der Waals surface area contributed by atoms with E-state index in [0.717, 1.165) is 5.92 Å². The molecule has 1 aromatic rings. The van der Waals surface area contributed by atoms with Crippen LogP contribution in [-0.4, -0.2) is 27.1 Å². The van der Waals surface area contributed by atoms with Gasteiger partial charge in [-0.15, -0.1) is 0 Å². The molecule has 18 heavy (non-hydrogen) atoms. The number of rotatable bonds is 6. The number of anilines is 1. The van der Waals surface area contributed by atoms with Gasteiger partial charge >= 0.3 is 6.01 Å². The van der Waals surface area contributed by atoms with E-state index >= 15 is 0 Å².